The van der Waals surface area contributed by atoms with Gasteiger partial charge in [-0.25, -0.2) is 0 Å². The van der Waals surface area contributed by atoms with Gasteiger partial charge in [0.25, 0.3) is 0 Å². The second-order valence-electron chi connectivity index (χ2n) is 8.34. The SMILES string of the molecule is C=CC=O.CN1CCCC(Nc2c(C#N)cncc2C(N)c2ccc(Oc3ccccc3)cc2)C1. The monoisotopic (exact) mass is 469 g/mol. The van der Waals surface area contributed by atoms with Gasteiger partial charge in [-0.1, -0.05) is 36.9 Å². The van der Waals surface area contributed by atoms with Gasteiger partial charge in [-0.3, -0.25) is 9.78 Å². The van der Waals surface area contributed by atoms with Crippen molar-refractivity contribution < 1.29 is 9.53 Å². The van der Waals surface area contributed by atoms with E-state index in [1.54, 1.807) is 12.4 Å². The third kappa shape index (κ3) is 7.24. The maximum Gasteiger partial charge on any atom is 0.142 e. The number of hydrogen-bond acceptors (Lipinski definition) is 7. The first-order chi connectivity index (χ1) is 17.0. The number of aromatic nitrogens is 1. The zero-order chi connectivity index (χ0) is 25.0. The van der Waals surface area contributed by atoms with Crippen LogP contribution in [-0.2, 0) is 4.79 Å². The molecule has 0 amide bonds. The van der Waals surface area contributed by atoms with Gasteiger partial charge in [0.1, 0.15) is 23.9 Å². The minimum atomic E-state index is -0.407. The lowest BCUT2D eigenvalue weighted by atomic mass is 9.96. The first-order valence-electron chi connectivity index (χ1n) is 11.5. The molecule has 2 atom stereocenters. The molecular formula is C28H31N5O2. The van der Waals surface area contributed by atoms with Gasteiger partial charge in [0.2, 0.25) is 0 Å². The fraction of sp³-hybridized carbons (Fsp3) is 0.250. The molecule has 2 aromatic carbocycles. The number of likely N-dealkylation sites (N-methyl/N-ethyl adjacent to an activating group) is 1. The number of allylic oxidation sites excluding steroid dienone is 1. The summed E-state index contributed by atoms with van der Waals surface area (Å²) in [5.41, 5.74) is 9.70. The molecule has 2 heterocycles. The summed E-state index contributed by atoms with van der Waals surface area (Å²) in [6, 6.07) is 19.5. The molecule has 180 valence electrons. The summed E-state index contributed by atoms with van der Waals surface area (Å²) in [6.07, 6.45) is 7.39. The van der Waals surface area contributed by atoms with Crippen LogP contribution in [0.1, 0.15) is 35.6 Å². The molecule has 35 heavy (non-hydrogen) atoms. The highest BCUT2D eigenvalue weighted by Gasteiger charge is 2.22. The summed E-state index contributed by atoms with van der Waals surface area (Å²) in [5, 5.41) is 13.2. The van der Waals surface area contributed by atoms with E-state index in [0.717, 1.165) is 54.2 Å². The van der Waals surface area contributed by atoms with Gasteiger partial charge >= 0.3 is 0 Å². The van der Waals surface area contributed by atoms with E-state index in [2.05, 4.69) is 34.9 Å². The number of para-hydroxylation sites is 1. The number of carbonyl (C=O) groups is 1. The van der Waals surface area contributed by atoms with Gasteiger partial charge in [-0.05, 0) is 62.3 Å². The second-order valence-corrected chi connectivity index (χ2v) is 8.34. The Hall–Kier alpha value is -3.99. The largest absolute Gasteiger partial charge is 0.457 e. The standard InChI is InChI=1S/C25H27N5O.C3H4O/c1-30-13-5-6-20(17-30)29-25-19(14-26)15-28-16-23(25)24(27)18-9-11-22(12-10-18)31-21-7-3-2-4-8-21;1-2-3-4/h2-4,7-12,15-16,20,24H,5-6,13,17,27H2,1H3,(H,28,29);2-3H,1H2. The van der Waals surface area contributed by atoms with Crippen LogP contribution in [-0.4, -0.2) is 42.3 Å². The molecule has 3 N–H and O–H groups in total. The Morgan fingerprint density at radius 3 is 2.51 bits per heavy atom. The van der Waals surface area contributed by atoms with Crippen molar-refractivity contribution in [3.63, 3.8) is 0 Å². The molecule has 1 aliphatic rings. The van der Waals surface area contributed by atoms with E-state index in [0.29, 0.717) is 11.8 Å². The first kappa shape index (κ1) is 25.6. The molecule has 1 fully saturated rings. The molecule has 0 radical (unpaired) electrons. The molecule has 0 saturated carbocycles. The number of nitrogens with zero attached hydrogens (tertiary/aromatic N) is 3. The smallest absolute Gasteiger partial charge is 0.142 e. The highest BCUT2D eigenvalue weighted by Crippen LogP contribution is 2.31. The average molecular weight is 470 g/mol. The third-order valence-electron chi connectivity index (χ3n) is 5.72. The maximum absolute atomic E-state index is 9.66. The number of benzene rings is 2. The van der Waals surface area contributed by atoms with Crippen molar-refractivity contribution in [2.75, 3.05) is 25.5 Å². The molecule has 7 heteroatoms. The van der Waals surface area contributed by atoms with Crippen LogP contribution >= 0.6 is 0 Å². The molecule has 0 aliphatic carbocycles. The van der Waals surface area contributed by atoms with E-state index in [4.69, 9.17) is 15.3 Å². The lowest BCUT2D eigenvalue weighted by Gasteiger charge is -2.32. The van der Waals surface area contributed by atoms with E-state index in [9.17, 15) is 5.26 Å². The first-order valence-corrected chi connectivity index (χ1v) is 11.5. The lowest BCUT2D eigenvalue weighted by molar-refractivity contribution is -0.104. The molecule has 4 rings (SSSR count). The Balaban J connectivity index is 0.000000795. The van der Waals surface area contributed by atoms with Gasteiger partial charge in [-0.2, -0.15) is 5.26 Å². The number of carbonyl (C=O) groups excluding carboxylic acids is 1. The van der Waals surface area contributed by atoms with Gasteiger partial charge in [0, 0.05) is 30.5 Å². The van der Waals surface area contributed by atoms with E-state index in [-0.39, 0.29) is 6.04 Å². The number of nitriles is 1. The number of anilines is 1. The zero-order valence-corrected chi connectivity index (χ0v) is 19.9. The van der Waals surface area contributed by atoms with E-state index in [1.165, 1.54) is 6.08 Å². The molecule has 0 bridgehead atoms. The average Bonchev–Trinajstić information content (AvgIpc) is 2.89. The topological polar surface area (TPSA) is 104 Å². The molecule has 1 aromatic heterocycles. The fourth-order valence-corrected chi connectivity index (χ4v) is 3.99. The highest BCUT2D eigenvalue weighted by atomic mass is 16.5. The Kier molecular flexibility index (Phi) is 9.55. The van der Waals surface area contributed by atoms with Crippen molar-refractivity contribution in [1.82, 2.24) is 9.88 Å². The Morgan fingerprint density at radius 1 is 1.20 bits per heavy atom. The summed E-state index contributed by atoms with van der Waals surface area (Å²) >= 11 is 0. The van der Waals surface area contributed by atoms with Crippen LogP contribution in [0.2, 0.25) is 0 Å². The molecule has 1 aliphatic heterocycles. The molecule has 2 unspecified atom stereocenters. The van der Waals surface area contributed by atoms with Gasteiger partial charge in [0.05, 0.1) is 17.3 Å². The minimum absolute atomic E-state index is 0.279. The van der Waals surface area contributed by atoms with Crippen LogP contribution in [0.4, 0.5) is 5.69 Å². The number of nitrogens with two attached hydrogens (primary N) is 1. The number of nitrogens with one attached hydrogen (secondary N) is 1. The predicted octanol–water partition coefficient (Wildman–Crippen LogP) is 4.67. The number of aldehydes is 1. The van der Waals surface area contributed by atoms with Crippen molar-refractivity contribution in [3.8, 4) is 17.6 Å². The van der Waals surface area contributed by atoms with Crippen molar-refractivity contribution in [1.29, 1.82) is 5.26 Å². The number of pyridine rings is 1. The third-order valence-corrected chi connectivity index (χ3v) is 5.72. The van der Waals surface area contributed by atoms with Crippen molar-refractivity contribution >= 4 is 12.0 Å². The van der Waals surface area contributed by atoms with Gasteiger partial charge in [0.15, 0.2) is 0 Å². The number of rotatable bonds is 7. The normalized spacial score (nSPS) is 16.1. The second kappa shape index (κ2) is 13.0. The highest BCUT2D eigenvalue weighted by molar-refractivity contribution is 5.64. The van der Waals surface area contributed by atoms with E-state index < -0.39 is 6.04 Å². The van der Waals surface area contributed by atoms with E-state index in [1.807, 2.05) is 54.6 Å². The van der Waals surface area contributed by atoms with Crippen LogP contribution in [0, 0.1) is 11.3 Å². The summed E-state index contributed by atoms with van der Waals surface area (Å²) < 4.78 is 5.88. The van der Waals surface area contributed by atoms with Crippen LogP contribution < -0.4 is 15.8 Å². The predicted molar refractivity (Wildman–Crippen MR) is 138 cm³/mol. The quantitative estimate of drug-likeness (QED) is 0.383. The van der Waals surface area contributed by atoms with Gasteiger partial charge < -0.3 is 20.7 Å². The van der Waals surface area contributed by atoms with Crippen molar-refractivity contribution in [2.45, 2.75) is 24.9 Å². The maximum atomic E-state index is 9.66. The molecular weight excluding hydrogens is 438 g/mol. The van der Waals surface area contributed by atoms with Crippen molar-refractivity contribution in [2.24, 2.45) is 5.73 Å². The Bertz CT molecular complexity index is 1140. The van der Waals surface area contributed by atoms with Crippen LogP contribution in [0.5, 0.6) is 11.5 Å². The summed E-state index contributed by atoms with van der Waals surface area (Å²) in [5.74, 6) is 1.53. The molecule has 0 spiro atoms. The Morgan fingerprint density at radius 2 is 1.89 bits per heavy atom. The minimum Gasteiger partial charge on any atom is -0.457 e. The number of ether oxygens (including phenoxy) is 1. The summed E-state index contributed by atoms with van der Waals surface area (Å²) in [4.78, 5) is 15.6. The summed E-state index contributed by atoms with van der Waals surface area (Å²) in [6.45, 7) is 5.15. The zero-order valence-electron chi connectivity index (χ0n) is 19.9. The number of piperidine rings is 1. The molecule has 1 saturated heterocycles. The molecule has 3 aromatic rings. The lowest BCUT2D eigenvalue weighted by Crippen LogP contribution is -2.40. The van der Waals surface area contributed by atoms with Crippen LogP contribution in [0.15, 0.2) is 79.6 Å². The fourth-order valence-electron chi connectivity index (χ4n) is 3.99. The number of likely N-dealkylation sites (tertiary alicyclic amines) is 1. The van der Waals surface area contributed by atoms with Crippen LogP contribution in [0.3, 0.4) is 0 Å². The molecule has 7 nitrogen and oxygen atoms in total. The van der Waals surface area contributed by atoms with E-state index >= 15 is 0 Å². The van der Waals surface area contributed by atoms with Crippen molar-refractivity contribution in [3.05, 3.63) is 96.3 Å². The van der Waals surface area contributed by atoms with Gasteiger partial charge in [-0.15, -0.1) is 0 Å². The number of hydrogen-bond donors (Lipinski definition) is 2. The summed E-state index contributed by atoms with van der Waals surface area (Å²) in [7, 11) is 2.12. The van der Waals surface area contributed by atoms with Crippen LogP contribution in [0.25, 0.3) is 0 Å². The Labute approximate surface area is 206 Å².